The first-order valence-electron chi connectivity index (χ1n) is 5.09. The average Bonchev–Trinajstić information content (AvgIpc) is 2.18. The Kier molecular flexibility index (Phi) is 3.14. The van der Waals surface area contributed by atoms with Crippen molar-refractivity contribution in [2.75, 3.05) is 13.1 Å². The Bertz CT molecular complexity index is 405. The molecule has 1 aromatic rings. The lowest BCUT2D eigenvalue weighted by molar-refractivity contribution is -0.121. The van der Waals surface area contributed by atoms with Crippen LogP contribution in [0, 0.1) is 11.6 Å². The molecule has 0 spiro atoms. The van der Waals surface area contributed by atoms with Gasteiger partial charge in [-0.1, -0.05) is 6.07 Å². The molecule has 1 aliphatic heterocycles. The number of rotatable bonds is 3. The number of benzene rings is 1. The lowest BCUT2D eigenvalue weighted by Crippen LogP contribution is -2.57. The van der Waals surface area contributed by atoms with Gasteiger partial charge >= 0.3 is 0 Å². The second-order valence-electron chi connectivity index (χ2n) is 3.85. The molecule has 0 atom stereocenters. The second-order valence-corrected chi connectivity index (χ2v) is 3.85. The molecule has 3 nitrogen and oxygen atoms in total. The van der Waals surface area contributed by atoms with E-state index in [2.05, 4.69) is 10.6 Å². The third-order valence-electron chi connectivity index (χ3n) is 2.50. The van der Waals surface area contributed by atoms with Gasteiger partial charge in [0.05, 0.1) is 12.5 Å². The molecular formula is C11H12F2N2O. The van der Waals surface area contributed by atoms with Crippen LogP contribution in [0.3, 0.4) is 0 Å². The fourth-order valence-electron chi connectivity index (χ4n) is 1.50. The summed E-state index contributed by atoms with van der Waals surface area (Å²) >= 11 is 0. The maximum atomic E-state index is 12.9. The molecule has 1 aliphatic rings. The Balaban J connectivity index is 1.92. The van der Waals surface area contributed by atoms with Crippen molar-refractivity contribution in [3.8, 4) is 0 Å². The first-order chi connectivity index (χ1) is 7.65. The van der Waals surface area contributed by atoms with Crippen LogP contribution < -0.4 is 10.6 Å². The van der Waals surface area contributed by atoms with Gasteiger partial charge in [-0.15, -0.1) is 0 Å². The predicted octanol–water partition coefficient (Wildman–Crippen LogP) is 0.595. The number of amides is 1. The molecule has 0 bridgehead atoms. The van der Waals surface area contributed by atoms with Crippen LogP contribution in [-0.2, 0) is 11.2 Å². The van der Waals surface area contributed by atoms with E-state index < -0.39 is 11.6 Å². The van der Waals surface area contributed by atoms with E-state index in [-0.39, 0.29) is 18.4 Å². The standard InChI is InChI=1S/C11H12F2N2O/c12-9-2-1-7(3-10(9)13)4-11(16)15-8-5-14-6-8/h1-3,8,14H,4-6H2,(H,15,16). The van der Waals surface area contributed by atoms with E-state index in [9.17, 15) is 13.6 Å². The van der Waals surface area contributed by atoms with Gasteiger partial charge in [0.1, 0.15) is 0 Å². The molecule has 1 fully saturated rings. The molecule has 2 N–H and O–H groups in total. The average molecular weight is 226 g/mol. The lowest BCUT2D eigenvalue weighted by Gasteiger charge is -2.27. The number of hydrogen-bond donors (Lipinski definition) is 2. The number of carbonyl (C=O) groups excluding carboxylic acids is 1. The highest BCUT2D eigenvalue weighted by Crippen LogP contribution is 2.09. The van der Waals surface area contributed by atoms with Crippen molar-refractivity contribution in [2.24, 2.45) is 0 Å². The highest BCUT2D eigenvalue weighted by atomic mass is 19.2. The molecule has 0 aromatic heterocycles. The van der Waals surface area contributed by atoms with Crippen molar-refractivity contribution in [1.29, 1.82) is 0 Å². The fraction of sp³-hybridized carbons (Fsp3) is 0.364. The molecule has 1 heterocycles. The van der Waals surface area contributed by atoms with E-state index in [4.69, 9.17) is 0 Å². The maximum absolute atomic E-state index is 12.9. The van der Waals surface area contributed by atoms with Crippen LogP contribution in [0.5, 0.6) is 0 Å². The molecule has 1 aromatic carbocycles. The summed E-state index contributed by atoms with van der Waals surface area (Å²) in [6, 6.07) is 3.66. The second kappa shape index (κ2) is 4.57. The molecule has 86 valence electrons. The summed E-state index contributed by atoms with van der Waals surface area (Å²) < 4.78 is 25.5. The topological polar surface area (TPSA) is 41.1 Å². The Morgan fingerprint density at radius 1 is 1.38 bits per heavy atom. The van der Waals surface area contributed by atoms with E-state index >= 15 is 0 Å². The van der Waals surface area contributed by atoms with E-state index in [0.29, 0.717) is 5.56 Å². The van der Waals surface area contributed by atoms with Crippen molar-refractivity contribution >= 4 is 5.91 Å². The van der Waals surface area contributed by atoms with Crippen molar-refractivity contribution in [3.63, 3.8) is 0 Å². The Hall–Kier alpha value is -1.49. The quantitative estimate of drug-likeness (QED) is 0.792. The van der Waals surface area contributed by atoms with Crippen LogP contribution in [0.4, 0.5) is 8.78 Å². The highest BCUT2D eigenvalue weighted by molar-refractivity contribution is 5.79. The number of carbonyl (C=O) groups is 1. The number of halogens is 2. The summed E-state index contributed by atoms with van der Waals surface area (Å²) in [4.78, 5) is 11.5. The van der Waals surface area contributed by atoms with Gasteiger partial charge in [-0.2, -0.15) is 0 Å². The molecular weight excluding hydrogens is 214 g/mol. The summed E-state index contributed by atoms with van der Waals surface area (Å²) in [6.07, 6.45) is 0.0771. The Morgan fingerprint density at radius 2 is 2.12 bits per heavy atom. The van der Waals surface area contributed by atoms with Gasteiger partial charge in [0.15, 0.2) is 11.6 Å². The van der Waals surface area contributed by atoms with Gasteiger partial charge in [-0.3, -0.25) is 4.79 Å². The largest absolute Gasteiger partial charge is 0.351 e. The number of nitrogens with one attached hydrogen (secondary N) is 2. The van der Waals surface area contributed by atoms with Gasteiger partial charge in [0.2, 0.25) is 5.91 Å². The van der Waals surface area contributed by atoms with Crippen LogP contribution in [0.1, 0.15) is 5.56 Å². The zero-order valence-corrected chi connectivity index (χ0v) is 8.59. The molecule has 16 heavy (non-hydrogen) atoms. The molecule has 0 aliphatic carbocycles. The zero-order valence-electron chi connectivity index (χ0n) is 8.59. The summed E-state index contributed by atoms with van der Waals surface area (Å²) in [5.74, 6) is -1.99. The van der Waals surface area contributed by atoms with Gasteiger partial charge in [0.25, 0.3) is 0 Å². The summed E-state index contributed by atoms with van der Waals surface area (Å²) in [7, 11) is 0. The van der Waals surface area contributed by atoms with Crippen LogP contribution in [0.25, 0.3) is 0 Å². The summed E-state index contributed by atoms with van der Waals surface area (Å²) in [6.45, 7) is 1.53. The molecule has 1 amide bonds. The first-order valence-corrected chi connectivity index (χ1v) is 5.09. The van der Waals surface area contributed by atoms with Gasteiger partial charge in [-0.05, 0) is 17.7 Å². The van der Waals surface area contributed by atoms with E-state index in [1.54, 1.807) is 0 Å². The minimum Gasteiger partial charge on any atom is -0.351 e. The van der Waals surface area contributed by atoms with Gasteiger partial charge < -0.3 is 10.6 Å². The number of hydrogen-bond acceptors (Lipinski definition) is 2. The summed E-state index contributed by atoms with van der Waals surface area (Å²) in [5, 5.41) is 5.80. The van der Waals surface area contributed by atoms with Crippen molar-refractivity contribution in [3.05, 3.63) is 35.4 Å². The van der Waals surface area contributed by atoms with E-state index in [0.717, 1.165) is 25.2 Å². The molecule has 0 saturated carbocycles. The normalized spacial score (nSPS) is 15.6. The zero-order chi connectivity index (χ0) is 11.5. The fourth-order valence-corrected chi connectivity index (χ4v) is 1.50. The maximum Gasteiger partial charge on any atom is 0.224 e. The van der Waals surface area contributed by atoms with Crippen LogP contribution in [-0.4, -0.2) is 25.0 Å². The highest BCUT2D eigenvalue weighted by Gasteiger charge is 2.18. The third kappa shape index (κ3) is 2.55. The van der Waals surface area contributed by atoms with Gasteiger partial charge in [-0.25, -0.2) is 8.78 Å². The van der Waals surface area contributed by atoms with Crippen molar-refractivity contribution in [1.82, 2.24) is 10.6 Å². The predicted molar refractivity (Wildman–Crippen MR) is 54.9 cm³/mol. The Morgan fingerprint density at radius 3 is 2.69 bits per heavy atom. The molecule has 1 saturated heterocycles. The van der Waals surface area contributed by atoms with Gasteiger partial charge in [0, 0.05) is 13.1 Å². The SMILES string of the molecule is O=C(Cc1ccc(F)c(F)c1)NC1CNC1. The van der Waals surface area contributed by atoms with Crippen LogP contribution in [0.15, 0.2) is 18.2 Å². The first kappa shape index (κ1) is 11.0. The minimum absolute atomic E-state index is 0.0771. The summed E-state index contributed by atoms with van der Waals surface area (Å²) in [5.41, 5.74) is 0.476. The van der Waals surface area contributed by atoms with Crippen molar-refractivity contribution in [2.45, 2.75) is 12.5 Å². The molecule has 0 unspecified atom stereocenters. The smallest absolute Gasteiger partial charge is 0.224 e. The molecule has 2 rings (SSSR count). The van der Waals surface area contributed by atoms with E-state index in [1.165, 1.54) is 6.07 Å². The monoisotopic (exact) mass is 226 g/mol. The van der Waals surface area contributed by atoms with E-state index in [1.807, 2.05) is 0 Å². The third-order valence-corrected chi connectivity index (χ3v) is 2.50. The minimum atomic E-state index is -0.921. The van der Waals surface area contributed by atoms with Crippen LogP contribution in [0.2, 0.25) is 0 Å². The lowest BCUT2D eigenvalue weighted by atomic mass is 10.1. The molecule has 0 radical (unpaired) electrons. The molecule has 5 heteroatoms. The Labute approximate surface area is 91.8 Å². The van der Waals surface area contributed by atoms with Crippen LogP contribution >= 0.6 is 0 Å². The van der Waals surface area contributed by atoms with Crippen molar-refractivity contribution < 1.29 is 13.6 Å².